The fraction of sp³-hybridized carbons (Fsp3) is 0.636. The van der Waals surface area contributed by atoms with Gasteiger partial charge < -0.3 is 5.11 Å². The summed E-state index contributed by atoms with van der Waals surface area (Å²) < 4.78 is 1.66. The number of fused-ring (bicyclic) bond motifs is 1. The van der Waals surface area contributed by atoms with Crippen molar-refractivity contribution in [2.24, 2.45) is 4.99 Å². The molecule has 18 heavy (non-hydrogen) atoms. The van der Waals surface area contributed by atoms with E-state index in [4.69, 9.17) is 0 Å². The van der Waals surface area contributed by atoms with Crippen LogP contribution in [-0.4, -0.2) is 76.4 Å². The molecule has 0 bridgehead atoms. The normalized spacial score (nSPS) is 25.0. The summed E-state index contributed by atoms with van der Waals surface area (Å²) >= 11 is 0. The van der Waals surface area contributed by atoms with Crippen molar-refractivity contribution in [3.05, 3.63) is 0 Å². The van der Waals surface area contributed by atoms with Crippen LogP contribution in [0.1, 0.15) is 13.3 Å². The summed E-state index contributed by atoms with van der Waals surface area (Å²) in [7, 11) is 3.32. The molecule has 1 N–H and O–H groups in total. The fourth-order valence-corrected chi connectivity index (χ4v) is 2.05. The van der Waals surface area contributed by atoms with E-state index < -0.39 is 18.2 Å². The summed E-state index contributed by atoms with van der Waals surface area (Å²) in [4.78, 5) is 30.8. The molecule has 1 fully saturated rings. The summed E-state index contributed by atoms with van der Waals surface area (Å²) in [5, 5.41) is 9.62. The zero-order chi connectivity index (χ0) is 13.4. The summed E-state index contributed by atoms with van der Waals surface area (Å²) in [6.45, 7) is 1.83. The van der Waals surface area contributed by atoms with Crippen molar-refractivity contribution in [3.63, 3.8) is 0 Å². The Bertz CT molecular complexity index is 457. The minimum absolute atomic E-state index is 0.0239. The second-order valence-corrected chi connectivity index (χ2v) is 4.52. The number of carbonyl (C=O) groups is 2. The summed E-state index contributed by atoms with van der Waals surface area (Å²) in [6, 6.07) is -0.997. The van der Waals surface area contributed by atoms with Gasteiger partial charge in [0, 0.05) is 7.05 Å². The van der Waals surface area contributed by atoms with E-state index in [9.17, 15) is 14.7 Å². The molecule has 7 heteroatoms. The third kappa shape index (κ3) is 1.80. The van der Waals surface area contributed by atoms with Gasteiger partial charge in [-0.25, -0.2) is 9.37 Å². The van der Waals surface area contributed by atoms with Gasteiger partial charge in [0.1, 0.15) is 0 Å². The maximum atomic E-state index is 12.2. The second-order valence-electron chi connectivity index (χ2n) is 4.52. The lowest BCUT2D eigenvalue weighted by molar-refractivity contribution is -0.501. The summed E-state index contributed by atoms with van der Waals surface area (Å²) in [6.07, 6.45) is 1.33. The highest BCUT2D eigenvalue weighted by Crippen LogP contribution is 2.17. The summed E-state index contributed by atoms with van der Waals surface area (Å²) in [5.74, 6) is 0.107. The number of β-amino-alcohol motifs (C(OH)–C–C–N with tert-alkyl or cyclic N) is 1. The number of amidine groups is 1. The molecule has 98 valence electrons. The molecule has 0 saturated carbocycles. The molecule has 0 aliphatic carbocycles. The molecular weight excluding hydrogens is 236 g/mol. The van der Waals surface area contributed by atoms with Crippen molar-refractivity contribution >= 4 is 24.1 Å². The van der Waals surface area contributed by atoms with Gasteiger partial charge in [-0.3, -0.25) is 14.6 Å². The minimum Gasteiger partial charge on any atom is -0.391 e. The molecular formula is C11H17N4O3+. The number of rotatable bonds is 3. The third-order valence-electron chi connectivity index (χ3n) is 3.25. The van der Waals surface area contributed by atoms with E-state index in [1.807, 2.05) is 0 Å². The molecule has 0 aromatic rings. The first-order valence-corrected chi connectivity index (χ1v) is 5.87. The minimum atomic E-state index is -0.694. The van der Waals surface area contributed by atoms with Crippen molar-refractivity contribution in [2.75, 3.05) is 20.6 Å². The van der Waals surface area contributed by atoms with Gasteiger partial charge in [-0.15, -0.1) is 0 Å². The van der Waals surface area contributed by atoms with Gasteiger partial charge in [-0.2, -0.15) is 0 Å². The number of urea groups is 1. The number of amides is 3. The lowest BCUT2D eigenvalue weighted by Crippen LogP contribution is -2.63. The smallest absolute Gasteiger partial charge is 0.333 e. The van der Waals surface area contributed by atoms with Crippen LogP contribution in [0.2, 0.25) is 0 Å². The molecule has 2 unspecified atom stereocenters. The molecule has 0 aromatic heterocycles. The molecule has 2 heterocycles. The molecule has 2 aliphatic heterocycles. The SMILES string of the molecule is CCC(O)CN1C(=O)C2C(=NC=[N+]2C)N(C)C1=O. The number of aliphatic hydroxyl groups is 1. The molecule has 7 nitrogen and oxygen atoms in total. The lowest BCUT2D eigenvalue weighted by atomic mass is 10.1. The number of likely N-dealkylation sites (N-methyl/N-ethyl adjacent to an activating group) is 2. The highest BCUT2D eigenvalue weighted by molar-refractivity contribution is 6.21. The van der Waals surface area contributed by atoms with Crippen molar-refractivity contribution in [3.8, 4) is 0 Å². The molecule has 2 atom stereocenters. The van der Waals surface area contributed by atoms with Crippen LogP contribution in [-0.2, 0) is 4.79 Å². The van der Waals surface area contributed by atoms with Crippen molar-refractivity contribution < 1.29 is 19.3 Å². The quantitative estimate of drug-likeness (QED) is 0.662. The van der Waals surface area contributed by atoms with Crippen LogP contribution >= 0.6 is 0 Å². The number of carbonyl (C=O) groups excluding carboxylic acids is 2. The summed E-state index contributed by atoms with van der Waals surface area (Å²) in [5.41, 5.74) is 0. The Kier molecular flexibility index (Phi) is 3.16. The van der Waals surface area contributed by atoms with E-state index in [0.29, 0.717) is 12.3 Å². The topological polar surface area (TPSA) is 76.2 Å². The highest BCUT2D eigenvalue weighted by atomic mass is 16.3. The molecule has 2 rings (SSSR count). The van der Waals surface area contributed by atoms with Gasteiger partial charge in [0.25, 0.3) is 24.1 Å². The molecule has 0 spiro atoms. The Morgan fingerprint density at radius 3 is 2.83 bits per heavy atom. The van der Waals surface area contributed by atoms with Gasteiger partial charge in [0.15, 0.2) is 0 Å². The lowest BCUT2D eigenvalue weighted by Gasteiger charge is -2.33. The highest BCUT2D eigenvalue weighted by Gasteiger charge is 2.50. The van der Waals surface area contributed by atoms with Gasteiger partial charge in [-0.05, 0) is 11.4 Å². The Morgan fingerprint density at radius 1 is 1.56 bits per heavy atom. The Morgan fingerprint density at radius 2 is 2.22 bits per heavy atom. The first-order chi connectivity index (χ1) is 8.47. The van der Waals surface area contributed by atoms with Crippen molar-refractivity contribution in [1.29, 1.82) is 0 Å². The molecule has 2 aliphatic rings. The van der Waals surface area contributed by atoms with Crippen LogP contribution in [0, 0.1) is 0 Å². The zero-order valence-corrected chi connectivity index (χ0v) is 10.7. The van der Waals surface area contributed by atoms with Gasteiger partial charge in [0.05, 0.1) is 19.7 Å². The Hall–Kier alpha value is -1.76. The predicted octanol–water partition coefficient (Wildman–Crippen LogP) is -0.897. The number of nitrogens with zero attached hydrogens (tertiary/aromatic N) is 4. The number of hydrogen-bond donors (Lipinski definition) is 1. The largest absolute Gasteiger partial charge is 0.391 e. The number of aliphatic imine (C=N–C) groups is 1. The molecule has 0 radical (unpaired) electrons. The Balaban J connectivity index is 2.27. The van der Waals surface area contributed by atoms with Crippen LogP contribution < -0.4 is 0 Å². The average molecular weight is 253 g/mol. The maximum absolute atomic E-state index is 12.2. The third-order valence-corrected chi connectivity index (χ3v) is 3.25. The Labute approximate surface area is 105 Å². The van der Waals surface area contributed by atoms with E-state index in [1.54, 1.807) is 25.6 Å². The van der Waals surface area contributed by atoms with Crippen LogP contribution in [0.5, 0.6) is 0 Å². The zero-order valence-electron chi connectivity index (χ0n) is 10.7. The first kappa shape index (κ1) is 12.7. The van der Waals surface area contributed by atoms with E-state index in [2.05, 4.69) is 4.99 Å². The van der Waals surface area contributed by atoms with E-state index in [0.717, 1.165) is 4.90 Å². The van der Waals surface area contributed by atoms with Crippen LogP contribution in [0.4, 0.5) is 4.79 Å². The van der Waals surface area contributed by atoms with Crippen LogP contribution in [0.25, 0.3) is 0 Å². The van der Waals surface area contributed by atoms with E-state index >= 15 is 0 Å². The van der Waals surface area contributed by atoms with Crippen molar-refractivity contribution in [1.82, 2.24) is 9.80 Å². The average Bonchev–Trinajstić information content (AvgIpc) is 2.74. The maximum Gasteiger partial charge on any atom is 0.333 e. The number of imide groups is 1. The molecule has 3 amide bonds. The van der Waals surface area contributed by atoms with Crippen LogP contribution in [0.15, 0.2) is 4.99 Å². The van der Waals surface area contributed by atoms with Gasteiger partial charge >= 0.3 is 6.03 Å². The van der Waals surface area contributed by atoms with Gasteiger partial charge in [0.2, 0.25) is 0 Å². The van der Waals surface area contributed by atoms with Crippen LogP contribution in [0.3, 0.4) is 0 Å². The van der Waals surface area contributed by atoms with Gasteiger partial charge in [-0.1, -0.05) is 6.92 Å². The molecule has 1 saturated heterocycles. The number of hydrogen-bond acceptors (Lipinski definition) is 4. The van der Waals surface area contributed by atoms with E-state index in [1.165, 1.54) is 11.2 Å². The van der Waals surface area contributed by atoms with E-state index in [-0.39, 0.29) is 12.5 Å². The van der Waals surface area contributed by atoms with Crippen molar-refractivity contribution in [2.45, 2.75) is 25.5 Å². The fourth-order valence-electron chi connectivity index (χ4n) is 2.05. The standard InChI is InChI=1S/C11H17N4O3/c1-4-7(16)5-15-10(17)8-9(12-6-13(8)2)14(3)11(15)18/h6-8,16H,4-5H2,1-3H3/q+1. The second kappa shape index (κ2) is 4.49. The molecule has 0 aromatic carbocycles. The first-order valence-electron chi connectivity index (χ1n) is 5.87. The number of aliphatic hydroxyl groups excluding tert-OH is 1. The monoisotopic (exact) mass is 253 g/mol. The predicted molar refractivity (Wildman–Crippen MR) is 64.6 cm³/mol.